The summed E-state index contributed by atoms with van der Waals surface area (Å²) >= 11 is 3.00. The number of halogens is 4. The first-order chi connectivity index (χ1) is 8.57. The summed E-state index contributed by atoms with van der Waals surface area (Å²) in [5.74, 6) is -2.52. The Bertz CT molecular complexity index is 422. The summed E-state index contributed by atoms with van der Waals surface area (Å²) in [6.07, 6.45) is 4.79. The van der Waals surface area contributed by atoms with Crippen LogP contribution in [-0.2, 0) is 5.33 Å². The van der Waals surface area contributed by atoms with Crippen LogP contribution in [-0.4, -0.2) is 0 Å². The molecule has 0 nitrogen and oxygen atoms in total. The predicted molar refractivity (Wildman–Crippen MR) is 69.5 cm³/mol. The van der Waals surface area contributed by atoms with Crippen LogP contribution < -0.4 is 0 Å². The van der Waals surface area contributed by atoms with Crippen molar-refractivity contribution in [3.05, 3.63) is 34.1 Å². The third-order valence-electron chi connectivity index (χ3n) is 3.84. The molecule has 0 amide bonds. The van der Waals surface area contributed by atoms with E-state index in [1.807, 2.05) is 0 Å². The monoisotopic (exact) mass is 320 g/mol. The normalized spacial score (nSPS) is 17.2. The fourth-order valence-corrected chi connectivity index (χ4v) is 3.34. The fourth-order valence-electron chi connectivity index (χ4n) is 2.85. The van der Waals surface area contributed by atoms with Crippen LogP contribution in [0.15, 0.2) is 0 Å². The molecule has 0 heterocycles. The molecular formula is C14H16BrF3. The van der Waals surface area contributed by atoms with Gasteiger partial charge in [0.15, 0.2) is 11.6 Å². The molecule has 0 bridgehead atoms. The molecule has 0 radical (unpaired) electrons. The third kappa shape index (κ3) is 2.31. The Morgan fingerprint density at radius 3 is 2.17 bits per heavy atom. The van der Waals surface area contributed by atoms with Crippen LogP contribution in [0.3, 0.4) is 0 Å². The van der Waals surface area contributed by atoms with E-state index in [0.717, 1.165) is 32.1 Å². The van der Waals surface area contributed by atoms with E-state index in [9.17, 15) is 13.2 Å². The highest BCUT2D eigenvalue weighted by molar-refractivity contribution is 9.08. The molecule has 100 valence electrons. The van der Waals surface area contributed by atoms with Gasteiger partial charge in [0.25, 0.3) is 0 Å². The summed E-state index contributed by atoms with van der Waals surface area (Å²) in [7, 11) is 0. The summed E-state index contributed by atoms with van der Waals surface area (Å²) in [4.78, 5) is 0. The molecule has 0 aromatic heterocycles. The second-order valence-electron chi connectivity index (χ2n) is 4.93. The van der Waals surface area contributed by atoms with Crippen molar-refractivity contribution in [3.63, 3.8) is 0 Å². The van der Waals surface area contributed by atoms with Crippen LogP contribution in [0.4, 0.5) is 13.2 Å². The zero-order valence-electron chi connectivity index (χ0n) is 10.3. The van der Waals surface area contributed by atoms with Crippen LogP contribution >= 0.6 is 15.9 Å². The molecule has 2 rings (SSSR count). The molecule has 1 aromatic rings. The van der Waals surface area contributed by atoms with Gasteiger partial charge in [-0.2, -0.15) is 0 Å². The molecule has 0 N–H and O–H groups in total. The molecule has 0 atom stereocenters. The molecule has 18 heavy (non-hydrogen) atoms. The Balaban J connectivity index is 2.53. The van der Waals surface area contributed by atoms with Crippen molar-refractivity contribution in [2.75, 3.05) is 0 Å². The van der Waals surface area contributed by atoms with Gasteiger partial charge in [-0.3, -0.25) is 0 Å². The highest BCUT2D eigenvalue weighted by atomic mass is 79.9. The van der Waals surface area contributed by atoms with E-state index in [1.165, 1.54) is 0 Å². The van der Waals surface area contributed by atoms with E-state index in [0.29, 0.717) is 0 Å². The minimum absolute atomic E-state index is 0.00657. The average Bonchev–Trinajstić information content (AvgIpc) is 2.39. The average molecular weight is 321 g/mol. The highest BCUT2D eigenvalue weighted by Gasteiger charge is 2.27. The maximum Gasteiger partial charge on any atom is 0.166 e. The first-order valence-corrected chi connectivity index (χ1v) is 7.41. The lowest BCUT2D eigenvalue weighted by Gasteiger charge is -2.25. The lowest BCUT2D eigenvalue weighted by Crippen LogP contribution is -2.13. The Labute approximate surface area is 114 Å². The molecule has 1 aliphatic carbocycles. The van der Waals surface area contributed by atoms with Gasteiger partial charge in [0.2, 0.25) is 0 Å². The standard InChI is InChI=1S/C14H16BrF3/c1-8-11(9-5-3-2-4-6-9)14(18)13(17)10(7-15)12(8)16/h9H,2-7H2,1H3. The lowest BCUT2D eigenvalue weighted by atomic mass is 9.81. The first-order valence-electron chi connectivity index (χ1n) is 6.29. The predicted octanol–water partition coefficient (Wildman–Crippen LogP) is 5.35. The molecule has 1 aromatic carbocycles. The fraction of sp³-hybridized carbons (Fsp3) is 0.571. The van der Waals surface area contributed by atoms with E-state index in [1.54, 1.807) is 6.92 Å². The Hall–Kier alpha value is -0.510. The second kappa shape index (κ2) is 5.64. The van der Waals surface area contributed by atoms with E-state index in [4.69, 9.17) is 0 Å². The Kier molecular flexibility index (Phi) is 4.36. The maximum atomic E-state index is 14.1. The zero-order chi connectivity index (χ0) is 13.3. The van der Waals surface area contributed by atoms with Crippen molar-refractivity contribution in [1.82, 2.24) is 0 Å². The molecular weight excluding hydrogens is 305 g/mol. The number of alkyl halides is 1. The maximum absolute atomic E-state index is 14.1. The van der Waals surface area contributed by atoms with Gasteiger partial charge in [0, 0.05) is 10.9 Å². The first kappa shape index (κ1) is 13.9. The van der Waals surface area contributed by atoms with E-state index >= 15 is 0 Å². The molecule has 4 heteroatoms. The van der Waals surface area contributed by atoms with Crippen molar-refractivity contribution < 1.29 is 13.2 Å². The number of rotatable bonds is 2. The van der Waals surface area contributed by atoms with Crippen molar-refractivity contribution in [2.24, 2.45) is 0 Å². The van der Waals surface area contributed by atoms with Gasteiger partial charge in [-0.25, -0.2) is 13.2 Å². The minimum atomic E-state index is -1.03. The van der Waals surface area contributed by atoms with Crippen molar-refractivity contribution >= 4 is 15.9 Å². The molecule has 0 saturated heterocycles. The van der Waals surface area contributed by atoms with Gasteiger partial charge in [0.05, 0.1) is 0 Å². The highest BCUT2D eigenvalue weighted by Crippen LogP contribution is 2.38. The molecule has 1 aliphatic rings. The minimum Gasteiger partial charge on any atom is -0.206 e. The number of benzene rings is 1. The van der Waals surface area contributed by atoms with Gasteiger partial charge in [-0.1, -0.05) is 35.2 Å². The van der Waals surface area contributed by atoms with Gasteiger partial charge in [0.1, 0.15) is 5.82 Å². The Morgan fingerprint density at radius 2 is 1.61 bits per heavy atom. The van der Waals surface area contributed by atoms with Gasteiger partial charge < -0.3 is 0 Å². The van der Waals surface area contributed by atoms with E-state index in [2.05, 4.69) is 15.9 Å². The summed E-state index contributed by atoms with van der Waals surface area (Å²) in [6, 6.07) is 0. The topological polar surface area (TPSA) is 0 Å². The summed E-state index contributed by atoms with van der Waals surface area (Å²) in [6.45, 7) is 1.55. The van der Waals surface area contributed by atoms with Gasteiger partial charge in [-0.05, 0) is 36.8 Å². The van der Waals surface area contributed by atoms with Crippen LogP contribution in [0.1, 0.15) is 54.7 Å². The molecule has 0 unspecified atom stereocenters. The van der Waals surface area contributed by atoms with Crippen molar-refractivity contribution in [3.8, 4) is 0 Å². The van der Waals surface area contributed by atoms with Crippen LogP contribution in [0.2, 0.25) is 0 Å². The van der Waals surface area contributed by atoms with Gasteiger partial charge >= 0.3 is 0 Å². The molecule has 0 spiro atoms. The smallest absolute Gasteiger partial charge is 0.166 e. The summed E-state index contributed by atoms with van der Waals surface area (Å²) in [5, 5.41) is -0.00657. The molecule has 0 aliphatic heterocycles. The second-order valence-corrected chi connectivity index (χ2v) is 5.49. The lowest BCUT2D eigenvalue weighted by molar-refractivity contribution is 0.407. The van der Waals surface area contributed by atoms with Crippen molar-refractivity contribution in [2.45, 2.75) is 50.3 Å². The number of hydrogen-bond donors (Lipinski definition) is 0. The van der Waals surface area contributed by atoms with Gasteiger partial charge in [-0.15, -0.1) is 0 Å². The summed E-state index contributed by atoms with van der Waals surface area (Å²) in [5.41, 5.74) is 0.328. The summed E-state index contributed by atoms with van der Waals surface area (Å²) < 4.78 is 41.9. The van der Waals surface area contributed by atoms with E-state index in [-0.39, 0.29) is 27.9 Å². The van der Waals surface area contributed by atoms with Crippen LogP contribution in [0.5, 0.6) is 0 Å². The molecule has 1 saturated carbocycles. The quantitative estimate of drug-likeness (QED) is 0.508. The third-order valence-corrected chi connectivity index (χ3v) is 4.40. The van der Waals surface area contributed by atoms with Crippen LogP contribution in [0.25, 0.3) is 0 Å². The zero-order valence-corrected chi connectivity index (χ0v) is 11.9. The van der Waals surface area contributed by atoms with Crippen LogP contribution in [0, 0.1) is 24.4 Å². The Morgan fingerprint density at radius 1 is 1.00 bits per heavy atom. The van der Waals surface area contributed by atoms with Crippen molar-refractivity contribution in [1.29, 1.82) is 0 Å². The van der Waals surface area contributed by atoms with E-state index < -0.39 is 17.5 Å². The SMILES string of the molecule is Cc1c(F)c(CBr)c(F)c(F)c1C1CCCCC1. The largest absolute Gasteiger partial charge is 0.206 e. The number of hydrogen-bond acceptors (Lipinski definition) is 0. The molecule has 1 fully saturated rings.